The van der Waals surface area contributed by atoms with Crippen molar-refractivity contribution in [3.63, 3.8) is 0 Å². The average Bonchev–Trinajstić information content (AvgIpc) is 3.23. The van der Waals surface area contributed by atoms with Gasteiger partial charge in [-0.3, -0.25) is 13.9 Å². The Morgan fingerprint density at radius 3 is 2.70 bits per heavy atom. The largest absolute Gasteiger partial charge is 0.469 e. The minimum absolute atomic E-state index is 0.139. The van der Waals surface area contributed by atoms with Crippen LogP contribution in [0.25, 0.3) is 11.0 Å². The molecule has 0 unspecified atom stereocenters. The number of para-hydroxylation sites is 2. The molecule has 0 saturated heterocycles. The minimum Gasteiger partial charge on any atom is -0.469 e. The van der Waals surface area contributed by atoms with Gasteiger partial charge in [0.15, 0.2) is 0 Å². The van der Waals surface area contributed by atoms with Gasteiger partial charge in [-0.15, -0.1) is 0 Å². The van der Waals surface area contributed by atoms with E-state index in [1.807, 2.05) is 36.4 Å². The van der Waals surface area contributed by atoms with Crippen molar-refractivity contribution in [3.8, 4) is 0 Å². The molecule has 7 heteroatoms. The molecule has 0 aliphatic carbocycles. The molecule has 0 radical (unpaired) electrons. The zero-order chi connectivity index (χ0) is 19.0. The number of anilines is 1. The molecule has 3 aromatic rings. The predicted octanol–water partition coefficient (Wildman–Crippen LogP) is 3.04. The van der Waals surface area contributed by atoms with Crippen molar-refractivity contribution < 1.29 is 9.53 Å². The van der Waals surface area contributed by atoms with Gasteiger partial charge in [0.2, 0.25) is 0 Å². The molecule has 0 saturated carbocycles. The molecular formula is C20H20ClN3O3. The van der Waals surface area contributed by atoms with Gasteiger partial charge in [0.05, 0.1) is 31.1 Å². The zero-order valence-electron chi connectivity index (χ0n) is 15.0. The number of rotatable bonds is 5. The monoisotopic (exact) mass is 385 g/mol. The number of aryl methyl sites for hydroxylation is 1. The van der Waals surface area contributed by atoms with Crippen LogP contribution in [0.5, 0.6) is 0 Å². The van der Waals surface area contributed by atoms with Gasteiger partial charge < -0.3 is 10.1 Å². The molecule has 6 nitrogen and oxygen atoms in total. The third-order valence-corrected chi connectivity index (χ3v) is 5.24. The third-order valence-electron chi connectivity index (χ3n) is 5.02. The first-order valence-electron chi connectivity index (χ1n) is 8.88. The Morgan fingerprint density at radius 2 is 1.96 bits per heavy atom. The maximum Gasteiger partial charge on any atom is 0.329 e. The Kier molecular flexibility index (Phi) is 4.66. The number of methoxy groups -OCH3 is 1. The molecule has 0 bridgehead atoms. The number of carbonyl (C=O) groups is 1. The number of halogens is 1. The summed E-state index contributed by atoms with van der Waals surface area (Å²) in [4.78, 5) is 24.6. The molecule has 1 aromatic heterocycles. The molecule has 1 aliphatic heterocycles. The van der Waals surface area contributed by atoms with E-state index in [-0.39, 0.29) is 24.6 Å². The highest BCUT2D eigenvalue weighted by Gasteiger charge is 2.19. The lowest BCUT2D eigenvalue weighted by Crippen LogP contribution is -2.26. The van der Waals surface area contributed by atoms with Crippen LogP contribution < -0.4 is 11.0 Å². The van der Waals surface area contributed by atoms with Gasteiger partial charge in [0, 0.05) is 23.8 Å². The second-order valence-electron chi connectivity index (χ2n) is 6.60. The Labute approximate surface area is 161 Å². The fourth-order valence-corrected chi connectivity index (χ4v) is 3.97. The lowest BCUT2D eigenvalue weighted by molar-refractivity contribution is -0.140. The first-order valence-corrected chi connectivity index (χ1v) is 9.26. The summed E-state index contributed by atoms with van der Waals surface area (Å²) >= 11 is 6.27. The van der Waals surface area contributed by atoms with Crippen molar-refractivity contribution in [1.82, 2.24) is 9.13 Å². The normalized spacial score (nSPS) is 12.8. The van der Waals surface area contributed by atoms with E-state index in [0.717, 1.165) is 35.2 Å². The van der Waals surface area contributed by atoms with Crippen molar-refractivity contribution in [3.05, 3.63) is 63.0 Å². The van der Waals surface area contributed by atoms with Crippen LogP contribution >= 0.6 is 11.6 Å². The number of aromatic nitrogens is 2. The first kappa shape index (κ1) is 17.7. The number of benzene rings is 2. The van der Waals surface area contributed by atoms with Crippen LogP contribution in [0.15, 0.2) is 41.2 Å². The number of imidazole rings is 1. The van der Waals surface area contributed by atoms with E-state index in [2.05, 4.69) is 5.32 Å². The second kappa shape index (κ2) is 7.12. The van der Waals surface area contributed by atoms with Gasteiger partial charge in [-0.25, -0.2) is 4.79 Å². The molecule has 1 aliphatic rings. The number of nitrogens with zero attached hydrogens (tertiary/aromatic N) is 2. The number of fused-ring (bicyclic) bond motifs is 2. The summed E-state index contributed by atoms with van der Waals surface area (Å²) in [6, 6.07) is 11.5. The molecule has 2 aromatic carbocycles. The summed E-state index contributed by atoms with van der Waals surface area (Å²) in [7, 11) is 1.35. The molecule has 27 heavy (non-hydrogen) atoms. The Balaban J connectivity index is 1.78. The van der Waals surface area contributed by atoms with E-state index >= 15 is 0 Å². The van der Waals surface area contributed by atoms with Crippen LogP contribution in [0, 0.1) is 0 Å². The van der Waals surface area contributed by atoms with Crippen LogP contribution in [0.4, 0.5) is 5.69 Å². The molecule has 0 amide bonds. The van der Waals surface area contributed by atoms with Gasteiger partial charge in [-0.1, -0.05) is 23.7 Å². The van der Waals surface area contributed by atoms with Crippen molar-refractivity contribution in [2.75, 3.05) is 19.0 Å². The van der Waals surface area contributed by atoms with Gasteiger partial charge >= 0.3 is 11.7 Å². The van der Waals surface area contributed by atoms with Gasteiger partial charge in [0.25, 0.3) is 0 Å². The van der Waals surface area contributed by atoms with E-state index in [1.165, 1.54) is 12.7 Å². The summed E-state index contributed by atoms with van der Waals surface area (Å²) in [6.45, 7) is 1.60. The highest BCUT2D eigenvalue weighted by molar-refractivity contribution is 6.31. The first-order chi connectivity index (χ1) is 13.1. The number of ether oxygens (including phenoxy) is 1. The number of carbonyl (C=O) groups excluding carboxylic acids is 1. The third kappa shape index (κ3) is 3.21. The zero-order valence-corrected chi connectivity index (χ0v) is 15.8. The fraction of sp³-hybridized carbons (Fsp3) is 0.300. The van der Waals surface area contributed by atoms with E-state index < -0.39 is 0 Å². The van der Waals surface area contributed by atoms with Crippen LogP contribution in [-0.2, 0) is 29.0 Å². The van der Waals surface area contributed by atoms with Gasteiger partial charge in [0.1, 0.15) is 0 Å². The number of nitrogens with one attached hydrogen (secondary N) is 1. The molecular weight excluding hydrogens is 366 g/mol. The number of esters is 1. The Hall–Kier alpha value is -2.73. The van der Waals surface area contributed by atoms with Crippen LogP contribution in [-0.4, -0.2) is 28.8 Å². The van der Waals surface area contributed by atoms with E-state index in [1.54, 1.807) is 9.13 Å². The Morgan fingerprint density at radius 1 is 1.22 bits per heavy atom. The van der Waals surface area contributed by atoms with Crippen molar-refractivity contribution >= 4 is 34.3 Å². The predicted molar refractivity (Wildman–Crippen MR) is 106 cm³/mol. The minimum atomic E-state index is -0.336. The van der Waals surface area contributed by atoms with Crippen LogP contribution in [0.3, 0.4) is 0 Å². The lowest BCUT2D eigenvalue weighted by atomic mass is 10.0. The van der Waals surface area contributed by atoms with E-state index in [0.29, 0.717) is 11.6 Å². The maximum atomic E-state index is 13.1. The quantitative estimate of drug-likeness (QED) is 0.685. The number of hydrogen-bond acceptors (Lipinski definition) is 4. The molecule has 0 fully saturated rings. The van der Waals surface area contributed by atoms with Crippen molar-refractivity contribution in [1.29, 1.82) is 0 Å². The lowest BCUT2D eigenvalue weighted by Gasteiger charge is -2.10. The Bertz CT molecular complexity index is 1080. The standard InChI is InChI=1S/C20H20ClN3O3/c1-27-19(25)7-9-23-17-4-2-3-5-18(17)24(20(23)26)12-13-10-14(21)11-16-15(13)6-8-22-16/h2-5,10-11,22H,6-9,12H2,1H3. The summed E-state index contributed by atoms with van der Waals surface area (Å²) in [5.74, 6) is -0.336. The molecule has 0 spiro atoms. The second-order valence-corrected chi connectivity index (χ2v) is 7.04. The van der Waals surface area contributed by atoms with Crippen molar-refractivity contribution in [2.24, 2.45) is 0 Å². The van der Waals surface area contributed by atoms with Crippen LogP contribution in [0.1, 0.15) is 17.5 Å². The SMILES string of the molecule is COC(=O)CCn1c(=O)n(Cc2cc(Cl)cc3c2CCN3)c2ccccc21. The molecule has 140 valence electrons. The van der Waals surface area contributed by atoms with E-state index in [9.17, 15) is 9.59 Å². The number of hydrogen-bond donors (Lipinski definition) is 1. The van der Waals surface area contributed by atoms with E-state index in [4.69, 9.17) is 16.3 Å². The smallest absolute Gasteiger partial charge is 0.329 e. The van der Waals surface area contributed by atoms with Gasteiger partial charge in [-0.2, -0.15) is 0 Å². The summed E-state index contributed by atoms with van der Waals surface area (Å²) < 4.78 is 8.09. The maximum absolute atomic E-state index is 13.1. The average molecular weight is 386 g/mol. The highest BCUT2D eigenvalue weighted by atomic mass is 35.5. The molecule has 1 N–H and O–H groups in total. The highest BCUT2D eigenvalue weighted by Crippen LogP contribution is 2.30. The van der Waals surface area contributed by atoms with Gasteiger partial charge in [-0.05, 0) is 41.8 Å². The molecule has 4 rings (SSSR count). The summed E-state index contributed by atoms with van der Waals surface area (Å²) in [6.07, 6.45) is 1.07. The molecule has 0 atom stereocenters. The topological polar surface area (TPSA) is 65.3 Å². The summed E-state index contributed by atoms with van der Waals surface area (Å²) in [5.41, 5.74) is 4.80. The molecule has 2 heterocycles. The van der Waals surface area contributed by atoms with Crippen molar-refractivity contribution in [2.45, 2.75) is 25.9 Å². The summed E-state index contributed by atoms with van der Waals surface area (Å²) in [5, 5.41) is 3.99. The fourth-order valence-electron chi connectivity index (χ4n) is 3.73. The van der Waals surface area contributed by atoms with Crippen LogP contribution in [0.2, 0.25) is 5.02 Å².